The Hall–Kier alpha value is -2.01. The van der Waals surface area contributed by atoms with Crippen molar-refractivity contribution >= 4 is 12.4 Å². The molecule has 1 aliphatic rings. The maximum atomic E-state index is 4.10. The van der Waals surface area contributed by atoms with Gasteiger partial charge in [0.2, 0.25) is 0 Å². The summed E-state index contributed by atoms with van der Waals surface area (Å²) in [5, 5.41) is 0. The van der Waals surface area contributed by atoms with Crippen molar-refractivity contribution in [3.63, 3.8) is 0 Å². The van der Waals surface area contributed by atoms with Crippen molar-refractivity contribution in [1.82, 2.24) is 24.1 Å². The minimum Gasteiger partial charge on any atom is -0.351 e. The van der Waals surface area contributed by atoms with E-state index < -0.39 is 0 Å². The molecule has 5 nitrogen and oxygen atoms in total. The van der Waals surface area contributed by atoms with Crippen LogP contribution < -0.4 is 0 Å². The second kappa shape index (κ2) is 9.20. The van der Waals surface area contributed by atoms with Gasteiger partial charge in [0, 0.05) is 42.7 Å². The molecule has 4 rings (SSSR count). The summed E-state index contributed by atoms with van der Waals surface area (Å²) < 4.78 is 4.60. The molecule has 3 aromatic heterocycles. The lowest BCUT2D eigenvalue weighted by Gasteiger charge is -2.25. The third kappa shape index (κ3) is 4.99. The first-order valence-corrected chi connectivity index (χ1v) is 7.97. The van der Waals surface area contributed by atoms with Gasteiger partial charge in [0.25, 0.3) is 0 Å². The van der Waals surface area contributed by atoms with E-state index in [2.05, 4.69) is 42.4 Å². The molecular formula is C17H24ClN5. The van der Waals surface area contributed by atoms with Crippen LogP contribution in [0.2, 0.25) is 0 Å². The Bertz CT molecular complexity index is 607. The highest BCUT2D eigenvalue weighted by molar-refractivity contribution is 5.85. The zero-order chi connectivity index (χ0) is 15.0. The van der Waals surface area contributed by atoms with Crippen LogP contribution in [0.3, 0.4) is 0 Å². The molecule has 0 amide bonds. The van der Waals surface area contributed by atoms with E-state index in [0.29, 0.717) is 0 Å². The molecule has 0 bridgehead atoms. The average Bonchev–Trinajstić information content (AvgIpc) is 3.33. The van der Waals surface area contributed by atoms with Gasteiger partial charge in [-0.25, -0.2) is 9.97 Å². The summed E-state index contributed by atoms with van der Waals surface area (Å²) in [5.41, 5.74) is 1.40. The second-order valence-corrected chi connectivity index (χ2v) is 5.69. The van der Waals surface area contributed by atoms with Crippen LogP contribution >= 0.6 is 12.4 Å². The monoisotopic (exact) mass is 333 g/mol. The van der Waals surface area contributed by atoms with Crippen LogP contribution in [0, 0.1) is 0 Å². The topological polar surface area (TPSA) is 51.4 Å². The van der Waals surface area contributed by atoms with Crippen LogP contribution in [0.1, 0.15) is 43.8 Å². The minimum absolute atomic E-state index is 0. The molecule has 1 saturated carbocycles. The molecule has 1 fully saturated rings. The SMILES string of the molecule is Cl.c1c[nH]cn1.c1cc(Cn2ccnc2)n(C2CCCCC2)c1. The Morgan fingerprint density at radius 1 is 1.09 bits per heavy atom. The van der Waals surface area contributed by atoms with Crippen molar-refractivity contribution in [1.29, 1.82) is 0 Å². The highest BCUT2D eigenvalue weighted by Crippen LogP contribution is 2.29. The minimum atomic E-state index is 0. The zero-order valence-corrected chi connectivity index (χ0v) is 14.0. The first-order chi connectivity index (χ1) is 10.9. The number of nitrogens with zero attached hydrogens (tertiary/aromatic N) is 4. The van der Waals surface area contributed by atoms with E-state index in [1.165, 1.54) is 37.8 Å². The van der Waals surface area contributed by atoms with E-state index >= 15 is 0 Å². The van der Waals surface area contributed by atoms with Crippen LogP contribution in [0.15, 0.2) is 55.8 Å². The Morgan fingerprint density at radius 2 is 1.96 bits per heavy atom. The largest absolute Gasteiger partial charge is 0.351 e. The van der Waals surface area contributed by atoms with Gasteiger partial charge in [-0.15, -0.1) is 12.4 Å². The number of aromatic nitrogens is 5. The molecule has 0 saturated heterocycles. The lowest BCUT2D eigenvalue weighted by atomic mass is 9.95. The van der Waals surface area contributed by atoms with E-state index in [1.807, 2.05) is 18.7 Å². The summed E-state index contributed by atoms with van der Waals surface area (Å²) in [6, 6.07) is 5.12. The van der Waals surface area contributed by atoms with Gasteiger partial charge in [-0.2, -0.15) is 0 Å². The summed E-state index contributed by atoms with van der Waals surface area (Å²) in [5.74, 6) is 0. The van der Waals surface area contributed by atoms with Gasteiger partial charge >= 0.3 is 0 Å². The fourth-order valence-corrected chi connectivity index (χ4v) is 3.06. The molecule has 1 aliphatic carbocycles. The molecule has 0 atom stereocenters. The predicted molar refractivity (Wildman–Crippen MR) is 93.7 cm³/mol. The van der Waals surface area contributed by atoms with Gasteiger partial charge < -0.3 is 14.1 Å². The van der Waals surface area contributed by atoms with E-state index in [1.54, 1.807) is 18.7 Å². The lowest BCUT2D eigenvalue weighted by molar-refractivity contribution is 0.346. The number of nitrogens with one attached hydrogen (secondary N) is 1. The van der Waals surface area contributed by atoms with Crippen LogP contribution in [-0.4, -0.2) is 24.1 Å². The summed E-state index contributed by atoms with van der Waals surface area (Å²) in [7, 11) is 0. The van der Waals surface area contributed by atoms with Gasteiger partial charge in [0.1, 0.15) is 0 Å². The third-order valence-corrected chi connectivity index (χ3v) is 4.14. The number of rotatable bonds is 3. The zero-order valence-electron chi connectivity index (χ0n) is 13.2. The molecule has 0 unspecified atom stereocenters. The molecule has 0 aromatic carbocycles. The van der Waals surface area contributed by atoms with Crippen molar-refractivity contribution in [3.8, 4) is 0 Å². The van der Waals surface area contributed by atoms with Crippen LogP contribution in [0.4, 0.5) is 0 Å². The number of imidazole rings is 2. The van der Waals surface area contributed by atoms with Crippen LogP contribution in [-0.2, 0) is 6.54 Å². The lowest BCUT2D eigenvalue weighted by Crippen LogP contribution is -2.15. The van der Waals surface area contributed by atoms with Crippen molar-refractivity contribution in [2.24, 2.45) is 0 Å². The summed E-state index contributed by atoms with van der Waals surface area (Å²) in [6.07, 6.45) is 19.9. The van der Waals surface area contributed by atoms with Crippen molar-refractivity contribution < 1.29 is 0 Å². The first kappa shape index (κ1) is 17.3. The number of halogens is 1. The molecule has 3 heterocycles. The number of H-pyrrole nitrogens is 1. The first-order valence-electron chi connectivity index (χ1n) is 7.97. The maximum absolute atomic E-state index is 4.10. The van der Waals surface area contributed by atoms with Crippen LogP contribution in [0.5, 0.6) is 0 Å². The molecule has 3 aromatic rings. The van der Waals surface area contributed by atoms with Gasteiger partial charge in [0.05, 0.1) is 19.2 Å². The van der Waals surface area contributed by atoms with E-state index in [0.717, 1.165) is 12.6 Å². The van der Waals surface area contributed by atoms with Gasteiger partial charge in [0.15, 0.2) is 0 Å². The summed E-state index contributed by atoms with van der Waals surface area (Å²) in [6.45, 7) is 0.934. The fraction of sp³-hybridized carbons (Fsp3) is 0.412. The normalized spacial score (nSPS) is 14.6. The second-order valence-electron chi connectivity index (χ2n) is 5.69. The van der Waals surface area contributed by atoms with E-state index in [-0.39, 0.29) is 12.4 Å². The average molecular weight is 334 g/mol. The quantitative estimate of drug-likeness (QED) is 0.785. The molecule has 6 heteroatoms. The molecular weight excluding hydrogens is 310 g/mol. The summed E-state index contributed by atoms with van der Waals surface area (Å²) in [4.78, 5) is 10.5. The molecule has 23 heavy (non-hydrogen) atoms. The molecule has 124 valence electrons. The van der Waals surface area contributed by atoms with E-state index in [9.17, 15) is 0 Å². The Morgan fingerprint density at radius 3 is 2.57 bits per heavy atom. The van der Waals surface area contributed by atoms with E-state index in [4.69, 9.17) is 0 Å². The van der Waals surface area contributed by atoms with Crippen molar-refractivity contribution in [3.05, 3.63) is 61.5 Å². The predicted octanol–water partition coefficient (Wildman–Crippen LogP) is 4.07. The Labute approximate surface area is 143 Å². The fourth-order valence-electron chi connectivity index (χ4n) is 3.06. The molecule has 1 N–H and O–H groups in total. The third-order valence-electron chi connectivity index (χ3n) is 4.14. The Kier molecular flexibility index (Phi) is 6.94. The maximum Gasteiger partial charge on any atom is 0.0949 e. The number of hydrogen-bond acceptors (Lipinski definition) is 2. The highest BCUT2D eigenvalue weighted by Gasteiger charge is 2.16. The molecule has 0 radical (unpaired) electrons. The standard InChI is InChI=1S/C14H19N3.C3H4N2.ClH/c1-2-5-13(6-3-1)17-9-4-7-14(17)11-16-10-8-15-12-16;1-2-5-3-4-1;/h4,7-10,12-13H,1-3,5-6,11H2;1-3H,(H,4,5);1H. The number of aromatic amines is 1. The highest BCUT2D eigenvalue weighted by atomic mass is 35.5. The van der Waals surface area contributed by atoms with Crippen molar-refractivity contribution in [2.45, 2.75) is 44.7 Å². The Balaban J connectivity index is 0.000000276. The molecule has 0 spiro atoms. The van der Waals surface area contributed by atoms with Gasteiger partial charge in [-0.3, -0.25) is 0 Å². The number of hydrogen-bond donors (Lipinski definition) is 1. The van der Waals surface area contributed by atoms with Crippen molar-refractivity contribution in [2.75, 3.05) is 0 Å². The van der Waals surface area contributed by atoms with Crippen LogP contribution in [0.25, 0.3) is 0 Å². The molecule has 0 aliphatic heterocycles. The smallest absolute Gasteiger partial charge is 0.0949 e. The summed E-state index contributed by atoms with van der Waals surface area (Å²) >= 11 is 0. The van der Waals surface area contributed by atoms with Gasteiger partial charge in [-0.05, 0) is 25.0 Å². The van der Waals surface area contributed by atoms with Gasteiger partial charge in [-0.1, -0.05) is 19.3 Å².